The van der Waals surface area contributed by atoms with E-state index in [4.69, 9.17) is 4.74 Å². The van der Waals surface area contributed by atoms with Crippen molar-refractivity contribution in [2.75, 3.05) is 0 Å². The lowest BCUT2D eigenvalue weighted by molar-refractivity contribution is 0.0109. The normalized spacial score (nSPS) is 27.9. The first kappa shape index (κ1) is 21.0. The highest BCUT2D eigenvalue weighted by atomic mass is 19.2. The van der Waals surface area contributed by atoms with Crippen molar-refractivity contribution in [3.05, 3.63) is 48.1 Å². The van der Waals surface area contributed by atoms with Crippen molar-refractivity contribution in [1.82, 2.24) is 0 Å². The van der Waals surface area contributed by atoms with Crippen LogP contribution in [0, 0.1) is 29.4 Å². The molecule has 0 atom stereocenters. The van der Waals surface area contributed by atoms with Gasteiger partial charge < -0.3 is 4.74 Å². The van der Waals surface area contributed by atoms with Gasteiger partial charge in [-0.15, -0.1) is 6.58 Å². The molecule has 0 aromatic heterocycles. The second-order valence-electron chi connectivity index (χ2n) is 8.57. The number of benzene rings is 1. The molecule has 4 heteroatoms. The van der Waals surface area contributed by atoms with Crippen molar-refractivity contribution >= 4 is 5.97 Å². The molecule has 0 N–H and O–H groups in total. The van der Waals surface area contributed by atoms with Crippen LogP contribution in [0.2, 0.25) is 0 Å². The average Bonchev–Trinajstić information content (AvgIpc) is 2.71. The standard InChI is InChI=1S/C24H32F2O2/c1-2-3-4-5-17-6-8-18(9-7-17)19-10-13-21(14-11-19)28-24(27)20-12-15-22(25)23(26)16-20/h2,12,15-19,21H,1,3-11,13-14H2/t17-,18-,19-,21-. The number of ether oxygens (including phenoxy) is 1. The van der Waals surface area contributed by atoms with Crippen LogP contribution in [0.3, 0.4) is 0 Å². The van der Waals surface area contributed by atoms with Crippen molar-refractivity contribution in [2.24, 2.45) is 17.8 Å². The summed E-state index contributed by atoms with van der Waals surface area (Å²) in [5.74, 6) is -0.0661. The quantitative estimate of drug-likeness (QED) is 0.289. The molecule has 0 spiro atoms. The third-order valence-electron chi connectivity index (χ3n) is 6.73. The first-order valence-corrected chi connectivity index (χ1v) is 10.8. The predicted molar refractivity (Wildman–Crippen MR) is 107 cm³/mol. The highest BCUT2D eigenvalue weighted by molar-refractivity contribution is 5.89. The number of allylic oxidation sites excluding steroid dienone is 1. The highest BCUT2D eigenvalue weighted by Gasteiger charge is 2.32. The van der Waals surface area contributed by atoms with Gasteiger partial charge in [-0.05, 0) is 87.3 Å². The average molecular weight is 391 g/mol. The Labute approximate surface area is 167 Å². The minimum Gasteiger partial charge on any atom is -0.459 e. The largest absolute Gasteiger partial charge is 0.459 e. The summed E-state index contributed by atoms with van der Waals surface area (Å²) in [4.78, 5) is 12.2. The van der Waals surface area contributed by atoms with Crippen LogP contribution >= 0.6 is 0 Å². The van der Waals surface area contributed by atoms with Crippen LogP contribution in [0.25, 0.3) is 0 Å². The van der Waals surface area contributed by atoms with E-state index in [-0.39, 0.29) is 11.7 Å². The van der Waals surface area contributed by atoms with Gasteiger partial charge in [0.15, 0.2) is 11.6 Å². The topological polar surface area (TPSA) is 26.3 Å². The van der Waals surface area contributed by atoms with Gasteiger partial charge >= 0.3 is 5.97 Å². The van der Waals surface area contributed by atoms with Gasteiger partial charge in [-0.25, -0.2) is 13.6 Å². The lowest BCUT2D eigenvalue weighted by Crippen LogP contribution is -2.29. The Bertz CT molecular complexity index is 657. The summed E-state index contributed by atoms with van der Waals surface area (Å²) in [5.41, 5.74) is 0.0794. The molecule has 28 heavy (non-hydrogen) atoms. The van der Waals surface area contributed by atoms with E-state index >= 15 is 0 Å². The number of carbonyl (C=O) groups excluding carboxylic acids is 1. The molecule has 0 bridgehead atoms. The van der Waals surface area contributed by atoms with Crippen LogP contribution in [0.4, 0.5) is 8.78 Å². The van der Waals surface area contributed by atoms with Crippen LogP contribution in [0.1, 0.15) is 81.0 Å². The number of rotatable bonds is 7. The van der Waals surface area contributed by atoms with Crippen LogP contribution in [-0.2, 0) is 4.74 Å². The van der Waals surface area contributed by atoms with Crippen molar-refractivity contribution < 1.29 is 18.3 Å². The SMILES string of the molecule is C=CCCC[C@H]1CC[C@H]([C@H]2CC[C@H](OC(=O)c3ccc(F)c(F)c3)CC2)CC1. The Balaban J connectivity index is 1.39. The summed E-state index contributed by atoms with van der Waals surface area (Å²) in [5, 5.41) is 0. The van der Waals surface area contributed by atoms with Gasteiger partial charge in [-0.3, -0.25) is 0 Å². The summed E-state index contributed by atoms with van der Waals surface area (Å²) in [6, 6.07) is 3.16. The maximum absolute atomic E-state index is 13.3. The summed E-state index contributed by atoms with van der Waals surface area (Å²) < 4.78 is 31.9. The third kappa shape index (κ3) is 5.65. The summed E-state index contributed by atoms with van der Waals surface area (Å²) in [6.07, 6.45) is 15.0. The maximum Gasteiger partial charge on any atom is 0.338 e. The van der Waals surface area contributed by atoms with Gasteiger partial charge in [0.25, 0.3) is 0 Å². The lowest BCUT2D eigenvalue weighted by Gasteiger charge is -2.37. The monoisotopic (exact) mass is 390 g/mol. The van der Waals surface area contributed by atoms with Crippen LogP contribution in [0.5, 0.6) is 0 Å². The second-order valence-corrected chi connectivity index (χ2v) is 8.57. The molecule has 1 aromatic rings. The number of hydrogen-bond acceptors (Lipinski definition) is 2. The highest BCUT2D eigenvalue weighted by Crippen LogP contribution is 2.41. The zero-order chi connectivity index (χ0) is 19.9. The van der Waals surface area contributed by atoms with Gasteiger partial charge in [0.2, 0.25) is 0 Å². The van der Waals surface area contributed by atoms with Gasteiger partial charge in [-0.1, -0.05) is 25.3 Å². The Morgan fingerprint density at radius 3 is 2.25 bits per heavy atom. The Morgan fingerprint density at radius 1 is 1.00 bits per heavy atom. The smallest absolute Gasteiger partial charge is 0.338 e. The molecular weight excluding hydrogens is 358 g/mol. The molecule has 154 valence electrons. The first-order valence-electron chi connectivity index (χ1n) is 10.8. The van der Waals surface area contributed by atoms with E-state index in [0.717, 1.165) is 62.0 Å². The molecule has 0 amide bonds. The molecule has 0 aliphatic heterocycles. The summed E-state index contributed by atoms with van der Waals surface area (Å²) >= 11 is 0. The zero-order valence-electron chi connectivity index (χ0n) is 16.7. The third-order valence-corrected chi connectivity index (χ3v) is 6.73. The molecule has 0 unspecified atom stereocenters. The summed E-state index contributed by atoms with van der Waals surface area (Å²) in [6.45, 7) is 3.80. The molecular formula is C24H32F2O2. The van der Waals surface area contributed by atoms with Crippen molar-refractivity contribution in [3.8, 4) is 0 Å². The molecule has 0 heterocycles. The zero-order valence-corrected chi connectivity index (χ0v) is 16.7. The molecule has 2 aliphatic carbocycles. The van der Waals surface area contributed by atoms with E-state index in [1.54, 1.807) is 0 Å². The van der Waals surface area contributed by atoms with Gasteiger partial charge in [-0.2, -0.15) is 0 Å². The van der Waals surface area contributed by atoms with Crippen molar-refractivity contribution in [1.29, 1.82) is 0 Å². The van der Waals surface area contributed by atoms with Gasteiger partial charge in [0, 0.05) is 0 Å². The van der Waals surface area contributed by atoms with E-state index in [2.05, 4.69) is 6.58 Å². The van der Waals surface area contributed by atoms with Crippen molar-refractivity contribution in [2.45, 2.75) is 76.7 Å². The Morgan fingerprint density at radius 2 is 1.64 bits per heavy atom. The van der Waals surface area contributed by atoms with Gasteiger partial charge in [0.1, 0.15) is 6.10 Å². The molecule has 3 rings (SSSR count). The molecule has 1 aromatic carbocycles. The van der Waals surface area contributed by atoms with E-state index in [9.17, 15) is 13.6 Å². The molecule has 0 saturated heterocycles. The van der Waals surface area contributed by atoms with Crippen molar-refractivity contribution in [3.63, 3.8) is 0 Å². The molecule has 2 aliphatic rings. The fraction of sp³-hybridized carbons (Fsp3) is 0.625. The van der Waals surface area contributed by atoms with Crippen LogP contribution in [0.15, 0.2) is 30.9 Å². The molecule has 0 radical (unpaired) electrons. The number of esters is 1. The summed E-state index contributed by atoms with van der Waals surface area (Å²) in [7, 11) is 0. The minimum absolute atomic E-state index is 0.0794. The van der Waals surface area contributed by atoms with E-state index in [1.165, 1.54) is 44.6 Å². The van der Waals surface area contributed by atoms with E-state index < -0.39 is 17.6 Å². The number of halogens is 2. The van der Waals surface area contributed by atoms with E-state index in [0.29, 0.717) is 0 Å². The fourth-order valence-corrected chi connectivity index (χ4v) is 5.02. The second kappa shape index (κ2) is 10.2. The number of hydrogen-bond donors (Lipinski definition) is 0. The molecule has 2 nitrogen and oxygen atoms in total. The lowest BCUT2D eigenvalue weighted by atomic mass is 9.70. The first-order chi connectivity index (χ1) is 13.6. The van der Waals surface area contributed by atoms with E-state index in [1.807, 2.05) is 6.08 Å². The maximum atomic E-state index is 13.3. The Kier molecular flexibility index (Phi) is 7.64. The van der Waals surface area contributed by atoms with Gasteiger partial charge in [0.05, 0.1) is 5.56 Å². The van der Waals surface area contributed by atoms with Crippen LogP contribution in [-0.4, -0.2) is 12.1 Å². The number of carbonyl (C=O) groups is 1. The predicted octanol–water partition coefficient (Wildman–Crippen LogP) is 6.84. The fourth-order valence-electron chi connectivity index (χ4n) is 5.02. The minimum atomic E-state index is -1.02. The van der Waals surface area contributed by atoms with Crippen LogP contribution < -0.4 is 0 Å². The number of unbranched alkanes of at least 4 members (excludes halogenated alkanes) is 1. The molecule has 2 saturated carbocycles. The Hall–Kier alpha value is -1.71. The molecule has 2 fully saturated rings.